The molecule has 0 spiro atoms. The highest BCUT2D eigenvalue weighted by atomic mass is 16.5. The van der Waals surface area contributed by atoms with Gasteiger partial charge in [-0.05, 0) is 62.9 Å². The van der Waals surface area contributed by atoms with Crippen LogP contribution in [0.25, 0.3) is 0 Å². The maximum absolute atomic E-state index is 13.0. The highest BCUT2D eigenvalue weighted by Crippen LogP contribution is 2.22. The van der Waals surface area contributed by atoms with Crippen molar-refractivity contribution in [2.45, 2.75) is 45.6 Å². The molecule has 0 aliphatic carbocycles. The number of ether oxygens (including phenoxy) is 2. The lowest BCUT2D eigenvalue weighted by Gasteiger charge is -2.35. The number of aromatic nitrogens is 2. The van der Waals surface area contributed by atoms with E-state index in [1.165, 1.54) is 6.42 Å². The predicted octanol–water partition coefficient (Wildman–Crippen LogP) is 3.69. The fourth-order valence-corrected chi connectivity index (χ4v) is 3.60. The molecule has 1 aromatic heterocycles. The smallest absolute Gasteiger partial charge is 0.272 e. The molecular weight excluding hydrogens is 368 g/mol. The van der Waals surface area contributed by atoms with Crippen LogP contribution < -0.4 is 14.8 Å². The Kier molecular flexibility index (Phi) is 7.27. The zero-order valence-corrected chi connectivity index (χ0v) is 17.5. The summed E-state index contributed by atoms with van der Waals surface area (Å²) in [5.41, 5.74) is 1.23. The second-order valence-electron chi connectivity index (χ2n) is 7.23. The van der Waals surface area contributed by atoms with Crippen LogP contribution in [-0.2, 0) is 0 Å². The molecule has 7 heteroatoms. The summed E-state index contributed by atoms with van der Waals surface area (Å²) < 4.78 is 10.8. The summed E-state index contributed by atoms with van der Waals surface area (Å²) in [5, 5.41) is 3.16. The number of anilines is 1. The van der Waals surface area contributed by atoms with E-state index in [2.05, 4.69) is 22.2 Å². The Balaban J connectivity index is 1.57. The molecule has 1 aliphatic rings. The number of aryl methyl sites for hydroxylation is 1. The molecular formula is C22H30N4O3. The number of nitrogens with zero attached hydrogens (tertiary/aromatic N) is 3. The number of likely N-dealkylation sites (tertiary alicyclic amines) is 1. The first-order valence-corrected chi connectivity index (χ1v) is 10.3. The van der Waals surface area contributed by atoms with E-state index in [9.17, 15) is 4.79 Å². The molecule has 3 rings (SSSR count). The lowest BCUT2D eigenvalue weighted by Crippen LogP contribution is -2.43. The molecule has 1 aliphatic heterocycles. The van der Waals surface area contributed by atoms with Crippen molar-refractivity contribution >= 4 is 11.9 Å². The molecule has 2 heterocycles. The normalized spacial score (nSPS) is 16.4. The van der Waals surface area contributed by atoms with Crippen LogP contribution >= 0.6 is 0 Å². The highest BCUT2D eigenvalue weighted by molar-refractivity contribution is 5.93. The Morgan fingerprint density at radius 1 is 1.21 bits per heavy atom. The molecule has 0 saturated carbocycles. The number of rotatable bonds is 8. The number of hydrogen-bond donors (Lipinski definition) is 1. The molecule has 1 aromatic carbocycles. The van der Waals surface area contributed by atoms with Gasteiger partial charge in [-0.25, -0.2) is 9.97 Å². The first-order valence-electron chi connectivity index (χ1n) is 10.3. The van der Waals surface area contributed by atoms with Gasteiger partial charge in [0, 0.05) is 18.3 Å². The van der Waals surface area contributed by atoms with Crippen LogP contribution in [0.5, 0.6) is 11.5 Å². The Bertz CT molecular complexity index is 810. The van der Waals surface area contributed by atoms with Crippen molar-refractivity contribution < 1.29 is 14.3 Å². The van der Waals surface area contributed by atoms with Gasteiger partial charge in [0.1, 0.15) is 23.8 Å². The molecule has 1 saturated heterocycles. The van der Waals surface area contributed by atoms with Gasteiger partial charge in [-0.1, -0.05) is 6.92 Å². The number of methoxy groups -OCH3 is 1. The highest BCUT2D eigenvalue weighted by Gasteiger charge is 2.27. The first kappa shape index (κ1) is 20.9. The molecule has 0 bridgehead atoms. The molecule has 1 atom stereocenters. The van der Waals surface area contributed by atoms with Gasteiger partial charge < -0.3 is 19.7 Å². The van der Waals surface area contributed by atoms with Crippen molar-refractivity contribution in [3.8, 4) is 11.5 Å². The van der Waals surface area contributed by atoms with Crippen LogP contribution in [-0.4, -0.2) is 53.6 Å². The van der Waals surface area contributed by atoms with Crippen molar-refractivity contribution in [1.29, 1.82) is 0 Å². The number of amides is 1. The molecule has 1 N–H and O–H groups in total. The lowest BCUT2D eigenvalue weighted by molar-refractivity contribution is 0.0601. The topological polar surface area (TPSA) is 76.6 Å². The maximum atomic E-state index is 13.0. The number of carbonyl (C=O) groups is 1. The number of carbonyl (C=O) groups excluding carboxylic acids is 1. The largest absolute Gasteiger partial charge is 0.497 e. The van der Waals surface area contributed by atoms with E-state index >= 15 is 0 Å². The number of piperidine rings is 1. The van der Waals surface area contributed by atoms with E-state index in [-0.39, 0.29) is 5.91 Å². The molecule has 2 aromatic rings. The summed E-state index contributed by atoms with van der Waals surface area (Å²) in [7, 11) is 1.63. The number of benzene rings is 1. The molecule has 1 amide bonds. The van der Waals surface area contributed by atoms with Gasteiger partial charge in [0.05, 0.1) is 13.7 Å². The average molecular weight is 399 g/mol. The summed E-state index contributed by atoms with van der Waals surface area (Å²) in [6.45, 7) is 5.81. The van der Waals surface area contributed by atoms with Crippen molar-refractivity contribution in [2.75, 3.05) is 32.1 Å². The van der Waals surface area contributed by atoms with E-state index in [0.717, 1.165) is 43.0 Å². The molecule has 7 nitrogen and oxygen atoms in total. The van der Waals surface area contributed by atoms with Gasteiger partial charge in [0.2, 0.25) is 5.95 Å². The maximum Gasteiger partial charge on any atom is 0.272 e. The van der Waals surface area contributed by atoms with Crippen LogP contribution in [0.2, 0.25) is 0 Å². The Morgan fingerprint density at radius 3 is 2.69 bits per heavy atom. The zero-order chi connectivity index (χ0) is 20.6. The fourth-order valence-electron chi connectivity index (χ4n) is 3.60. The monoisotopic (exact) mass is 398 g/mol. The van der Waals surface area contributed by atoms with Crippen LogP contribution in [0.15, 0.2) is 30.3 Å². The van der Waals surface area contributed by atoms with Crippen LogP contribution in [0, 0.1) is 6.92 Å². The second-order valence-corrected chi connectivity index (χ2v) is 7.23. The fraction of sp³-hybridized carbons (Fsp3) is 0.500. The minimum absolute atomic E-state index is 0.000386. The van der Waals surface area contributed by atoms with E-state index < -0.39 is 0 Å². The average Bonchev–Trinajstić information content (AvgIpc) is 2.76. The summed E-state index contributed by atoms with van der Waals surface area (Å²) in [5.74, 6) is 2.01. The third kappa shape index (κ3) is 5.59. The van der Waals surface area contributed by atoms with Crippen LogP contribution in [0.4, 0.5) is 5.95 Å². The van der Waals surface area contributed by atoms with Gasteiger partial charge >= 0.3 is 0 Å². The standard InChI is InChI=1S/C22H30N4O3/c1-4-17-7-5-6-13-26(17)21(27)20-15-16(2)24-22(25-20)23-12-14-29-19-10-8-18(28-3)9-11-19/h8-11,15,17H,4-7,12-14H2,1-3H3,(H,23,24,25). The second kappa shape index (κ2) is 10.1. The first-order chi connectivity index (χ1) is 14.1. The number of nitrogens with one attached hydrogen (secondary N) is 1. The van der Waals surface area contributed by atoms with Gasteiger partial charge in [-0.15, -0.1) is 0 Å². The van der Waals surface area contributed by atoms with Crippen molar-refractivity contribution in [2.24, 2.45) is 0 Å². The Labute approximate surface area is 172 Å². The minimum atomic E-state index is -0.000386. The lowest BCUT2D eigenvalue weighted by atomic mass is 9.99. The SMILES string of the molecule is CCC1CCCCN1C(=O)c1cc(C)nc(NCCOc2ccc(OC)cc2)n1. The zero-order valence-electron chi connectivity index (χ0n) is 17.5. The molecule has 1 fully saturated rings. The summed E-state index contributed by atoms with van der Waals surface area (Å²) in [6, 6.07) is 9.51. The summed E-state index contributed by atoms with van der Waals surface area (Å²) in [6.07, 6.45) is 4.29. The summed E-state index contributed by atoms with van der Waals surface area (Å²) in [4.78, 5) is 23.8. The molecule has 1 unspecified atom stereocenters. The van der Waals surface area contributed by atoms with Crippen molar-refractivity contribution in [3.63, 3.8) is 0 Å². The summed E-state index contributed by atoms with van der Waals surface area (Å²) >= 11 is 0. The van der Waals surface area contributed by atoms with Gasteiger partial charge in [-0.3, -0.25) is 4.79 Å². The van der Waals surface area contributed by atoms with Crippen molar-refractivity contribution in [1.82, 2.24) is 14.9 Å². The third-order valence-electron chi connectivity index (χ3n) is 5.15. The van der Waals surface area contributed by atoms with E-state index in [4.69, 9.17) is 9.47 Å². The Morgan fingerprint density at radius 2 is 1.97 bits per heavy atom. The van der Waals surface area contributed by atoms with Crippen LogP contribution in [0.1, 0.15) is 48.8 Å². The van der Waals surface area contributed by atoms with E-state index in [1.54, 1.807) is 13.2 Å². The third-order valence-corrected chi connectivity index (χ3v) is 5.15. The molecule has 0 radical (unpaired) electrons. The minimum Gasteiger partial charge on any atom is -0.497 e. The molecule has 29 heavy (non-hydrogen) atoms. The predicted molar refractivity (Wildman–Crippen MR) is 113 cm³/mol. The quantitative estimate of drug-likeness (QED) is 0.684. The molecule has 156 valence electrons. The van der Waals surface area contributed by atoms with E-state index in [0.29, 0.717) is 30.8 Å². The Hall–Kier alpha value is -2.83. The van der Waals surface area contributed by atoms with Crippen LogP contribution in [0.3, 0.4) is 0 Å². The van der Waals surface area contributed by atoms with E-state index in [1.807, 2.05) is 36.1 Å². The van der Waals surface area contributed by atoms with Crippen molar-refractivity contribution in [3.05, 3.63) is 41.7 Å². The number of hydrogen-bond acceptors (Lipinski definition) is 6. The van der Waals surface area contributed by atoms with Gasteiger partial charge in [0.25, 0.3) is 5.91 Å². The van der Waals surface area contributed by atoms with Gasteiger partial charge in [-0.2, -0.15) is 0 Å². The van der Waals surface area contributed by atoms with Gasteiger partial charge in [0.15, 0.2) is 0 Å².